The summed E-state index contributed by atoms with van der Waals surface area (Å²) in [4.78, 5) is 12.7. The first-order chi connectivity index (χ1) is 12.5. The fourth-order valence-electron chi connectivity index (χ4n) is 3.67. The van der Waals surface area contributed by atoms with Gasteiger partial charge in [-0.15, -0.1) is 0 Å². The first-order valence-corrected chi connectivity index (χ1v) is 11.3. The van der Waals surface area contributed by atoms with E-state index in [-0.39, 0.29) is 29.1 Å². The molecule has 1 atom stereocenters. The maximum Gasteiger partial charge on any atom is 0.223 e. The quantitative estimate of drug-likeness (QED) is 0.689. The van der Waals surface area contributed by atoms with Crippen molar-refractivity contribution in [1.82, 2.24) is 5.32 Å². The van der Waals surface area contributed by atoms with E-state index in [0.29, 0.717) is 12.5 Å². The number of hydrogen-bond donors (Lipinski definition) is 2. The molecule has 6 heteroatoms. The molecule has 0 saturated heterocycles. The number of carbonyl (C=O) groups is 1. The van der Waals surface area contributed by atoms with Crippen LogP contribution in [-0.2, 0) is 21.2 Å². The fourth-order valence-corrected chi connectivity index (χ4v) is 4.70. The molecule has 2 rings (SSSR count). The van der Waals surface area contributed by atoms with E-state index < -0.39 is 9.84 Å². The highest BCUT2D eigenvalue weighted by Gasteiger charge is 2.23. The molecule has 0 spiro atoms. The minimum Gasteiger partial charge on any atom is -0.395 e. The number of rotatable bonds is 9. The predicted molar refractivity (Wildman–Crippen MR) is 102 cm³/mol. The van der Waals surface area contributed by atoms with Crippen molar-refractivity contribution in [2.45, 2.75) is 63.3 Å². The van der Waals surface area contributed by atoms with Gasteiger partial charge in [-0.05, 0) is 36.5 Å². The number of amides is 1. The molecule has 2 N–H and O–H groups in total. The molecule has 1 amide bonds. The second kappa shape index (κ2) is 10.1. The summed E-state index contributed by atoms with van der Waals surface area (Å²) in [6, 6.07) is 6.50. The lowest BCUT2D eigenvalue weighted by Crippen LogP contribution is -2.31. The van der Waals surface area contributed by atoms with Crippen LogP contribution in [0, 0.1) is 11.8 Å². The molecule has 0 radical (unpaired) electrons. The van der Waals surface area contributed by atoms with E-state index >= 15 is 0 Å². The standard InChI is InChI=1S/C20H31NO4S/c1-2-18(14-16-6-4-3-5-7-16)20(23)21-15-17-8-10-19(11-9-17)26(24,25)13-12-22/h8-11,16,18,22H,2-7,12-15H2,1H3,(H,21,23). The minimum atomic E-state index is -3.43. The van der Waals surface area contributed by atoms with E-state index in [0.717, 1.165) is 18.4 Å². The van der Waals surface area contributed by atoms with Crippen molar-refractivity contribution < 1.29 is 18.3 Å². The zero-order chi connectivity index (χ0) is 19.0. The molecule has 146 valence electrons. The van der Waals surface area contributed by atoms with Crippen LogP contribution in [0.2, 0.25) is 0 Å². The molecular weight excluding hydrogens is 350 g/mol. The number of aliphatic hydroxyl groups excluding tert-OH is 1. The van der Waals surface area contributed by atoms with Crippen LogP contribution >= 0.6 is 0 Å². The Labute approximate surface area is 157 Å². The molecule has 1 aromatic carbocycles. The highest BCUT2D eigenvalue weighted by Crippen LogP contribution is 2.30. The zero-order valence-corrected chi connectivity index (χ0v) is 16.4. The smallest absolute Gasteiger partial charge is 0.223 e. The van der Waals surface area contributed by atoms with Crippen LogP contribution in [-0.4, -0.2) is 31.8 Å². The van der Waals surface area contributed by atoms with E-state index in [1.54, 1.807) is 12.1 Å². The monoisotopic (exact) mass is 381 g/mol. The van der Waals surface area contributed by atoms with E-state index in [1.165, 1.54) is 44.2 Å². The van der Waals surface area contributed by atoms with E-state index in [2.05, 4.69) is 12.2 Å². The van der Waals surface area contributed by atoms with Crippen molar-refractivity contribution in [3.8, 4) is 0 Å². The van der Waals surface area contributed by atoms with Crippen molar-refractivity contribution in [2.24, 2.45) is 11.8 Å². The molecule has 0 aromatic heterocycles. The average molecular weight is 382 g/mol. The van der Waals surface area contributed by atoms with E-state index in [9.17, 15) is 13.2 Å². The van der Waals surface area contributed by atoms with E-state index in [1.807, 2.05) is 0 Å². The zero-order valence-electron chi connectivity index (χ0n) is 15.6. The Hall–Kier alpha value is -1.40. The second-order valence-electron chi connectivity index (χ2n) is 7.25. The molecule has 1 aliphatic carbocycles. The number of aliphatic hydroxyl groups is 1. The van der Waals surface area contributed by atoms with Crippen molar-refractivity contribution in [3.63, 3.8) is 0 Å². The van der Waals surface area contributed by atoms with Gasteiger partial charge in [0.05, 0.1) is 17.3 Å². The van der Waals surface area contributed by atoms with Crippen LogP contribution < -0.4 is 5.32 Å². The lowest BCUT2D eigenvalue weighted by Gasteiger charge is -2.25. The molecular formula is C20H31NO4S. The minimum absolute atomic E-state index is 0.0577. The van der Waals surface area contributed by atoms with Gasteiger partial charge in [0.1, 0.15) is 0 Å². The molecule has 1 fully saturated rings. The Balaban J connectivity index is 1.87. The van der Waals surface area contributed by atoms with Gasteiger partial charge in [0.15, 0.2) is 9.84 Å². The summed E-state index contributed by atoms with van der Waals surface area (Å²) >= 11 is 0. The molecule has 0 aliphatic heterocycles. The van der Waals surface area contributed by atoms with Crippen LogP contribution in [0.15, 0.2) is 29.2 Å². The third-order valence-electron chi connectivity index (χ3n) is 5.32. The summed E-state index contributed by atoms with van der Waals surface area (Å²) in [5.74, 6) is 0.551. The maximum atomic E-state index is 12.5. The normalized spacial score (nSPS) is 17.0. The number of hydrogen-bond acceptors (Lipinski definition) is 4. The highest BCUT2D eigenvalue weighted by molar-refractivity contribution is 7.91. The Kier molecular flexibility index (Phi) is 8.10. The van der Waals surface area contributed by atoms with Crippen LogP contribution in [0.1, 0.15) is 57.4 Å². The third-order valence-corrected chi connectivity index (χ3v) is 7.03. The van der Waals surface area contributed by atoms with Crippen molar-refractivity contribution in [1.29, 1.82) is 0 Å². The van der Waals surface area contributed by atoms with Crippen molar-refractivity contribution >= 4 is 15.7 Å². The Morgan fingerprint density at radius 1 is 1.19 bits per heavy atom. The summed E-state index contributed by atoms with van der Waals surface area (Å²) in [7, 11) is -3.43. The Bertz CT molecular complexity index is 664. The van der Waals surface area contributed by atoms with Crippen LogP contribution in [0.3, 0.4) is 0 Å². The molecule has 0 bridgehead atoms. The summed E-state index contributed by atoms with van der Waals surface area (Å²) in [5.41, 5.74) is 0.869. The Morgan fingerprint density at radius 3 is 2.42 bits per heavy atom. The lowest BCUT2D eigenvalue weighted by molar-refractivity contribution is -0.125. The van der Waals surface area contributed by atoms with Gasteiger partial charge in [-0.3, -0.25) is 4.79 Å². The van der Waals surface area contributed by atoms with Crippen LogP contribution in [0.25, 0.3) is 0 Å². The lowest BCUT2D eigenvalue weighted by atomic mass is 9.82. The maximum absolute atomic E-state index is 12.5. The van der Waals surface area contributed by atoms with Crippen LogP contribution in [0.5, 0.6) is 0 Å². The first kappa shape index (κ1) is 20.9. The number of nitrogens with one attached hydrogen (secondary N) is 1. The molecule has 0 heterocycles. The van der Waals surface area contributed by atoms with Gasteiger partial charge in [-0.2, -0.15) is 0 Å². The molecule has 5 nitrogen and oxygen atoms in total. The highest BCUT2D eigenvalue weighted by atomic mass is 32.2. The summed E-state index contributed by atoms with van der Waals surface area (Å²) in [6.07, 6.45) is 8.20. The second-order valence-corrected chi connectivity index (χ2v) is 9.36. The summed E-state index contributed by atoms with van der Waals surface area (Å²) < 4.78 is 23.8. The van der Waals surface area contributed by atoms with Gasteiger partial charge < -0.3 is 10.4 Å². The third kappa shape index (κ3) is 6.09. The molecule has 1 aromatic rings. The number of benzene rings is 1. The van der Waals surface area contributed by atoms with E-state index in [4.69, 9.17) is 5.11 Å². The van der Waals surface area contributed by atoms with Gasteiger partial charge in [0.2, 0.25) is 5.91 Å². The topological polar surface area (TPSA) is 83.5 Å². The van der Waals surface area contributed by atoms with Gasteiger partial charge >= 0.3 is 0 Å². The first-order valence-electron chi connectivity index (χ1n) is 9.66. The van der Waals surface area contributed by atoms with Crippen molar-refractivity contribution in [3.05, 3.63) is 29.8 Å². The molecule has 1 unspecified atom stereocenters. The predicted octanol–water partition coefficient (Wildman–Crippen LogP) is 3.07. The van der Waals surface area contributed by atoms with Gasteiger partial charge in [0.25, 0.3) is 0 Å². The van der Waals surface area contributed by atoms with Crippen molar-refractivity contribution in [2.75, 3.05) is 12.4 Å². The SMILES string of the molecule is CCC(CC1CCCCC1)C(=O)NCc1ccc(S(=O)(=O)CCO)cc1. The van der Waals surface area contributed by atoms with Gasteiger partial charge in [0, 0.05) is 12.5 Å². The summed E-state index contributed by atoms with van der Waals surface area (Å²) in [6.45, 7) is 2.08. The molecule has 26 heavy (non-hydrogen) atoms. The average Bonchev–Trinajstić information content (AvgIpc) is 2.65. The molecule has 1 aliphatic rings. The van der Waals surface area contributed by atoms with Crippen LogP contribution in [0.4, 0.5) is 0 Å². The number of sulfone groups is 1. The Morgan fingerprint density at radius 2 is 1.85 bits per heavy atom. The summed E-state index contributed by atoms with van der Waals surface area (Å²) in [5, 5.41) is 11.8. The fraction of sp³-hybridized carbons (Fsp3) is 0.650. The number of carbonyl (C=O) groups excluding carboxylic acids is 1. The van der Waals surface area contributed by atoms with Gasteiger partial charge in [-0.25, -0.2) is 8.42 Å². The largest absolute Gasteiger partial charge is 0.395 e. The van der Waals surface area contributed by atoms with Gasteiger partial charge in [-0.1, -0.05) is 51.2 Å². The molecule has 1 saturated carbocycles.